The highest BCUT2D eigenvalue weighted by atomic mass is 16.1. The van der Waals surface area contributed by atoms with Gasteiger partial charge in [0.2, 0.25) is 5.91 Å². The molecule has 0 unspecified atom stereocenters. The predicted molar refractivity (Wildman–Crippen MR) is 92.7 cm³/mol. The first-order chi connectivity index (χ1) is 11.3. The minimum Gasteiger partial charge on any atom is -0.311 e. The summed E-state index contributed by atoms with van der Waals surface area (Å²) < 4.78 is 0. The maximum Gasteiger partial charge on any atom is 0.222 e. The van der Waals surface area contributed by atoms with Gasteiger partial charge in [0, 0.05) is 24.1 Å². The molecule has 0 aromatic carbocycles. The molecule has 0 aliphatic heterocycles. The van der Waals surface area contributed by atoms with Gasteiger partial charge in [0.15, 0.2) is 0 Å². The number of nitrogens with one attached hydrogen (secondary N) is 1. The Balaban J connectivity index is 1.71. The number of anilines is 1. The van der Waals surface area contributed by atoms with Crippen LogP contribution >= 0.6 is 0 Å². The van der Waals surface area contributed by atoms with Crippen molar-refractivity contribution < 1.29 is 4.79 Å². The molecule has 2 atom stereocenters. The molecule has 2 aliphatic rings. The van der Waals surface area contributed by atoms with E-state index in [1.807, 2.05) is 6.07 Å². The van der Waals surface area contributed by atoms with E-state index >= 15 is 0 Å². The lowest BCUT2D eigenvalue weighted by Gasteiger charge is -2.33. The summed E-state index contributed by atoms with van der Waals surface area (Å²) in [6.07, 6.45) is 4.15. The normalized spacial score (nSPS) is 26.2. The molecule has 4 rings (SSSR count). The minimum absolute atomic E-state index is 0.126. The van der Waals surface area contributed by atoms with E-state index in [1.165, 1.54) is 31.0 Å². The summed E-state index contributed by atoms with van der Waals surface area (Å²) in [4.78, 5) is 15.4. The van der Waals surface area contributed by atoms with Gasteiger partial charge in [-0.1, -0.05) is 20.8 Å². The highest BCUT2D eigenvalue weighted by molar-refractivity contribution is 5.87. The van der Waals surface area contributed by atoms with Crippen molar-refractivity contribution in [2.75, 3.05) is 5.32 Å². The van der Waals surface area contributed by atoms with Gasteiger partial charge in [0.1, 0.15) is 5.82 Å². The largest absolute Gasteiger partial charge is 0.311 e. The van der Waals surface area contributed by atoms with Crippen molar-refractivity contribution in [3.63, 3.8) is 0 Å². The molecular weight excluding hydrogens is 300 g/mol. The van der Waals surface area contributed by atoms with Crippen LogP contribution in [0.25, 0.3) is 11.3 Å². The number of hydrogen-bond donors (Lipinski definition) is 1. The lowest BCUT2D eigenvalue weighted by atomic mass is 9.70. The molecule has 0 radical (unpaired) electrons. The molecule has 0 saturated heterocycles. The van der Waals surface area contributed by atoms with Gasteiger partial charge < -0.3 is 5.32 Å². The maximum absolute atomic E-state index is 11.1. The number of fused-ring (bicyclic) bond motifs is 5. The lowest BCUT2D eigenvalue weighted by molar-refractivity contribution is -0.114. The molecule has 24 heavy (non-hydrogen) atoms. The summed E-state index contributed by atoms with van der Waals surface area (Å²) in [6.45, 7) is 8.52. The van der Waals surface area contributed by atoms with Gasteiger partial charge >= 0.3 is 0 Å². The fourth-order valence-electron chi connectivity index (χ4n) is 4.51. The fourth-order valence-corrected chi connectivity index (χ4v) is 4.51. The smallest absolute Gasteiger partial charge is 0.222 e. The summed E-state index contributed by atoms with van der Waals surface area (Å²) in [5.41, 5.74) is 4.66. The van der Waals surface area contributed by atoms with E-state index < -0.39 is 0 Å². The topological polar surface area (TPSA) is 67.8 Å². The molecule has 1 amide bonds. The van der Waals surface area contributed by atoms with Gasteiger partial charge in [-0.15, -0.1) is 0 Å². The Bertz CT molecular complexity index is 828. The Hall–Kier alpha value is -2.30. The average molecular weight is 322 g/mol. The van der Waals surface area contributed by atoms with Crippen LogP contribution in [0, 0.1) is 5.41 Å². The first-order valence-electron chi connectivity index (χ1n) is 8.45. The first-order valence-corrected chi connectivity index (χ1v) is 8.45. The Kier molecular flexibility index (Phi) is 3.08. The van der Waals surface area contributed by atoms with E-state index in [9.17, 15) is 4.79 Å². The highest BCUT2D eigenvalue weighted by Crippen LogP contribution is 2.67. The van der Waals surface area contributed by atoms with E-state index in [0.717, 1.165) is 11.3 Å². The summed E-state index contributed by atoms with van der Waals surface area (Å²) in [5, 5.41) is 11.7. The maximum atomic E-state index is 11.1. The Morgan fingerprint density at radius 3 is 2.71 bits per heavy atom. The monoisotopic (exact) mass is 322 g/mol. The van der Waals surface area contributed by atoms with E-state index in [-0.39, 0.29) is 16.7 Å². The predicted octanol–water partition coefficient (Wildman–Crippen LogP) is 3.67. The Morgan fingerprint density at radius 2 is 2.04 bits per heavy atom. The number of rotatable bonds is 2. The molecule has 0 spiro atoms. The van der Waals surface area contributed by atoms with Crippen LogP contribution in [0.5, 0.6) is 0 Å². The molecule has 2 bridgehead atoms. The lowest BCUT2D eigenvalue weighted by Crippen LogP contribution is -2.32. The van der Waals surface area contributed by atoms with Crippen molar-refractivity contribution in [2.45, 2.75) is 51.9 Å². The van der Waals surface area contributed by atoms with E-state index in [0.29, 0.717) is 11.7 Å². The van der Waals surface area contributed by atoms with Gasteiger partial charge in [-0.2, -0.15) is 10.2 Å². The second-order valence-corrected chi connectivity index (χ2v) is 7.79. The molecule has 124 valence electrons. The SMILES string of the molecule is CC(=O)Nc1ccc(-c2cc3c(nn2)[C@@]2(C)CC[C@@H]3C2(C)C)cn1. The zero-order valence-electron chi connectivity index (χ0n) is 14.6. The third-order valence-electron chi connectivity index (χ3n) is 6.31. The van der Waals surface area contributed by atoms with Crippen LogP contribution in [0.4, 0.5) is 5.82 Å². The molecule has 5 nitrogen and oxygen atoms in total. The van der Waals surface area contributed by atoms with E-state index in [4.69, 9.17) is 0 Å². The summed E-state index contributed by atoms with van der Waals surface area (Å²) in [7, 11) is 0. The van der Waals surface area contributed by atoms with Crippen LogP contribution in [0.2, 0.25) is 0 Å². The second kappa shape index (κ2) is 4.85. The molecule has 2 heterocycles. The van der Waals surface area contributed by atoms with E-state index in [2.05, 4.69) is 47.3 Å². The molecule has 2 aromatic rings. The van der Waals surface area contributed by atoms with E-state index in [1.54, 1.807) is 12.3 Å². The molecule has 5 heteroatoms. The summed E-state index contributed by atoms with van der Waals surface area (Å²) in [6, 6.07) is 5.91. The standard InChI is InChI=1S/C19H22N4O/c1-11(24)21-16-6-5-12(10-20-16)15-9-13-14-7-8-19(4,18(14,2)3)17(13)23-22-15/h5-6,9-10,14H,7-8H2,1-4H3,(H,20,21,24)/t14-,19+/m0/s1. The number of pyridine rings is 1. The summed E-state index contributed by atoms with van der Waals surface area (Å²) in [5.74, 6) is 0.977. The van der Waals surface area contributed by atoms with Gasteiger partial charge in [-0.05, 0) is 47.9 Å². The molecular formula is C19H22N4O. The zero-order valence-corrected chi connectivity index (χ0v) is 14.6. The van der Waals surface area contributed by atoms with Crippen molar-refractivity contribution in [1.29, 1.82) is 0 Å². The quantitative estimate of drug-likeness (QED) is 0.916. The molecule has 1 N–H and O–H groups in total. The van der Waals surface area contributed by atoms with Crippen molar-refractivity contribution in [3.05, 3.63) is 35.7 Å². The van der Waals surface area contributed by atoms with Crippen molar-refractivity contribution in [3.8, 4) is 11.3 Å². The Morgan fingerprint density at radius 1 is 1.25 bits per heavy atom. The van der Waals surface area contributed by atoms with Crippen LogP contribution in [0.3, 0.4) is 0 Å². The third-order valence-corrected chi connectivity index (χ3v) is 6.31. The third kappa shape index (κ3) is 1.93. The van der Waals surface area contributed by atoms with Crippen LogP contribution in [0.15, 0.2) is 24.4 Å². The zero-order chi connectivity index (χ0) is 17.1. The van der Waals surface area contributed by atoms with Gasteiger partial charge in [-0.25, -0.2) is 4.98 Å². The number of amides is 1. The minimum atomic E-state index is -0.126. The number of carbonyl (C=O) groups is 1. The second-order valence-electron chi connectivity index (χ2n) is 7.79. The van der Waals surface area contributed by atoms with Crippen LogP contribution in [0.1, 0.15) is 57.7 Å². The summed E-state index contributed by atoms with van der Waals surface area (Å²) >= 11 is 0. The fraction of sp³-hybridized carbons (Fsp3) is 0.474. The molecule has 1 fully saturated rings. The van der Waals surface area contributed by atoms with Crippen molar-refractivity contribution in [2.24, 2.45) is 5.41 Å². The van der Waals surface area contributed by atoms with Crippen molar-refractivity contribution >= 4 is 11.7 Å². The van der Waals surface area contributed by atoms with Gasteiger partial charge in [0.05, 0.1) is 11.4 Å². The molecule has 2 aliphatic carbocycles. The molecule has 2 aromatic heterocycles. The van der Waals surface area contributed by atoms with Gasteiger partial charge in [0.25, 0.3) is 0 Å². The van der Waals surface area contributed by atoms with Gasteiger partial charge in [-0.3, -0.25) is 4.79 Å². The number of aromatic nitrogens is 3. The number of hydrogen-bond acceptors (Lipinski definition) is 4. The first kappa shape index (κ1) is 15.2. The molecule has 1 saturated carbocycles. The van der Waals surface area contributed by atoms with Crippen LogP contribution < -0.4 is 5.32 Å². The highest BCUT2D eigenvalue weighted by Gasteiger charge is 2.60. The van der Waals surface area contributed by atoms with Crippen LogP contribution in [-0.4, -0.2) is 21.1 Å². The number of nitrogens with zero attached hydrogens (tertiary/aromatic N) is 3. The number of carbonyl (C=O) groups excluding carboxylic acids is 1. The Labute approximate surface area is 141 Å². The van der Waals surface area contributed by atoms with Crippen molar-refractivity contribution in [1.82, 2.24) is 15.2 Å². The average Bonchev–Trinajstić information content (AvgIpc) is 2.86. The van der Waals surface area contributed by atoms with Crippen LogP contribution in [-0.2, 0) is 10.2 Å².